The fourth-order valence-corrected chi connectivity index (χ4v) is 5.05. The lowest BCUT2D eigenvalue weighted by atomic mass is 10.2. The largest absolute Gasteiger partial charge is 0.337 e. The molecule has 3 rings (SSSR count). The van der Waals surface area contributed by atoms with E-state index >= 15 is 0 Å². The van der Waals surface area contributed by atoms with E-state index in [4.69, 9.17) is 0 Å². The zero-order chi connectivity index (χ0) is 21.9. The smallest absolute Gasteiger partial charge is 0.270 e. The Labute approximate surface area is 183 Å². The van der Waals surface area contributed by atoms with Crippen LogP contribution in [-0.4, -0.2) is 54.6 Å². The number of carbonyl (C=O) groups is 1. The predicted molar refractivity (Wildman–Crippen MR) is 116 cm³/mol. The second-order valence-electron chi connectivity index (χ2n) is 6.82. The van der Waals surface area contributed by atoms with Gasteiger partial charge in [0.1, 0.15) is 0 Å². The summed E-state index contributed by atoms with van der Waals surface area (Å²) in [6.07, 6.45) is 3.18. The van der Waals surface area contributed by atoms with Gasteiger partial charge in [-0.1, -0.05) is 34.1 Å². The van der Waals surface area contributed by atoms with Gasteiger partial charge in [-0.2, -0.15) is 4.31 Å². The van der Waals surface area contributed by atoms with Gasteiger partial charge in [0.25, 0.3) is 5.69 Å². The summed E-state index contributed by atoms with van der Waals surface area (Å²) in [5.74, 6) is -0.193. The number of hydrogen-bond donors (Lipinski definition) is 0. The van der Waals surface area contributed by atoms with Gasteiger partial charge >= 0.3 is 0 Å². The number of non-ortho nitro benzene ring substituents is 1. The molecule has 10 heteroatoms. The average molecular weight is 494 g/mol. The Morgan fingerprint density at radius 1 is 1.10 bits per heavy atom. The van der Waals surface area contributed by atoms with Crippen molar-refractivity contribution in [1.29, 1.82) is 0 Å². The normalized spacial score (nSPS) is 15.5. The number of amides is 1. The zero-order valence-corrected chi connectivity index (χ0v) is 18.6. The molecule has 0 saturated carbocycles. The summed E-state index contributed by atoms with van der Waals surface area (Å²) in [7, 11) is -3.89. The fourth-order valence-electron chi connectivity index (χ4n) is 3.11. The van der Waals surface area contributed by atoms with Gasteiger partial charge in [-0.25, -0.2) is 8.42 Å². The number of nitrogens with zero attached hydrogens (tertiary/aromatic N) is 3. The van der Waals surface area contributed by atoms with E-state index in [9.17, 15) is 23.3 Å². The van der Waals surface area contributed by atoms with Gasteiger partial charge in [-0.05, 0) is 36.3 Å². The first-order valence-corrected chi connectivity index (χ1v) is 11.4. The van der Waals surface area contributed by atoms with Gasteiger partial charge in [0.2, 0.25) is 15.9 Å². The molecule has 0 bridgehead atoms. The summed E-state index contributed by atoms with van der Waals surface area (Å²) < 4.78 is 28.2. The first-order chi connectivity index (χ1) is 14.2. The molecule has 0 spiro atoms. The zero-order valence-electron chi connectivity index (χ0n) is 16.2. The second kappa shape index (κ2) is 9.07. The number of benzene rings is 2. The Morgan fingerprint density at radius 2 is 1.73 bits per heavy atom. The van der Waals surface area contributed by atoms with Crippen LogP contribution >= 0.6 is 15.9 Å². The van der Waals surface area contributed by atoms with Crippen molar-refractivity contribution in [1.82, 2.24) is 9.21 Å². The predicted octanol–water partition coefficient (Wildman–Crippen LogP) is 3.21. The minimum Gasteiger partial charge on any atom is -0.337 e. The van der Waals surface area contributed by atoms with Crippen LogP contribution in [0.4, 0.5) is 5.69 Å². The van der Waals surface area contributed by atoms with Crippen molar-refractivity contribution in [2.75, 3.05) is 26.2 Å². The molecule has 0 aliphatic carbocycles. The number of aryl methyl sites for hydroxylation is 1. The van der Waals surface area contributed by atoms with Gasteiger partial charge in [-0.15, -0.1) is 0 Å². The van der Waals surface area contributed by atoms with Crippen LogP contribution in [0.2, 0.25) is 0 Å². The van der Waals surface area contributed by atoms with Crippen LogP contribution in [-0.2, 0) is 14.8 Å². The molecule has 0 radical (unpaired) electrons. The minimum absolute atomic E-state index is 0.0772. The molecule has 0 N–H and O–H groups in total. The van der Waals surface area contributed by atoms with Gasteiger partial charge < -0.3 is 4.90 Å². The van der Waals surface area contributed by atoms with E-state index in [2.05, 4.69) is 15.9 Å². The molecule has 1 heterocycles. The molecule has 2 aromatic carbocycles. The van der Waals surface area contributed by atoms with Crippen LogP contribution in [0.1, 0.15) is 11.1 Å². The van der Waals surface area contributed by atoms with E-state index in [0.717, 1.165) is 16.1 Å². The number of sulfonamides is 1. The maximum atomic E-state index is 13.0. The van der Waals surface area contributed by atoms with E-state index in [1.54, 1.807) is 17.9 Å². The van der Waals surface area contributed by atoms with Crippen LogP contribution in [0.25, 0.3) is 6.08 Å². The molecule has 0 atom stereocenters. The first kappa shape index (κ1) is 22.1. The highest BCUT2D eigenvalue weighted by atomic mass is 79.9. The summed E-state index contributed by atoms with van der Waals surface area (Å²) in [4.78, 5) is 24.3. The number of hydrogen-bond acceptors (Lipinski definition) is 5. The molecular weight excluding hydrogens is 474 g/mol. The Hall–Kier alpha value is -2.56. The lowest BCUT2D eigenvalue weighted by Gasteiger charge is -2.33. The lowest BCUT2D eigenvalue weighted by Crippen LogP contribution is -2.50. The topological polar surface area (TPSA) is 101 Å². The number of halogens is 1. The van der Waals surface area contributed by atoms with E-state index in [1.807, 2.05) is 24.3 Å². The van der Waals surface area contributed by atoms with Crippen LogP contribution < -0.4 is 0 Å². The van der Waals surface area contributed by atoms with Crippen molar-refractivity contribution >= 4 is 43.6 Å². The van der Waals surface area contributed by atoms with Crippen molar-refractivity contribution in [3.8, 4) is 0 Å². The molecule has 30 heavy (non-hydrogen) atoms. The monoisotopic (exact) mass is 493 g/mol. The van der Waals surface area contributed by atoms with Crippen molar-refractivity contribution in [3.05, 3.63) is 74.3 Å². The third-order valence-electron chi connectivity index (χ3n) is 4.84. The highest BCUT2D eigenvalue weighted by Gasteiger charge is 2.31. The number of nitro benzene ring substituents is 1. The number of piperazine rings is 1. The number of carbonyl (C=O) groups excluding carboxylic acids is 1. The van der Waals surface area contributed by atoms with Gasteiger partial charge in [0, 0.05) is 48.9 Å². The Morgan fingerprint density at radius 3 is 2.33 bits per heavy atom. The Bertz CT molecular complexity index is 1090. The second-order valence-corrected chi connectivity index (χ2v) is 9.64. The summed E-state index contributed by atoms with van der Waals surface area (Å²) in [5, 5.41) is 11.0. The first-order valence-electron chi connectivity index (χ1n) is 9.16. The van der Waals surface area contributed by atoms with Crippen molar-refractivity contribution in [3.63, 3.8) is 0 Å². The van der Waals surface area contributed by atoms with Crippen LogP contribution in [0.5, 0.6) is 0 Å². The SMILES string of the molecule is Cc1ccc([N+](=O)[O-])cc1S(=O)(=O)N1CCN(C(=O)/C=C/c2ccc(Br)cc2)CC1. The maximum Gasteiger partial charge on any atom is 0.270 e. The lowest BCUT2D eigenvalue weighted by molar-refractivity contribution is -0.385. The summed E-state index contributed by atoms with van der Waals surface area (Å²) in [6.45, 7) is 2.35. The molecule has 1 amide bonds. The fraction of sp³-hybridized carbons (Fsp3) is 0.250. The average Bonchev–Trinajstić information content (AvgIpc) is 2.73. The van der Waals surface area contributed by atoms with Crippen LogP contribution in [0.15, 0.2) is 57.9 Å². The van der Waals surface area contributed by atoms with Gasteiger partial charge in [0.15, 0.2) is 0 Å². The summed E-state index contributed by atoms with van der Waals surface area (Å²) in [5.41, 5.74) is 1.05. The summed E-state index contributed by atoms with van der Waals surface area (Å²) in [6, 6.07) is 11.3. The molecule has 158 valence electrons. The molecule has 8 nitrogen and oxygen atoms in total. The molecule has 1 saturated heterocycles. The molecule has 1 fully saturated rings. The number of nitro groups is 1. The molecule has 0 unspecified atom stereocenters. The maximum absolute atomic E-state index is 13.0. The minimum atomic E-state index is -3.89. The van der Waals surface area contributed by atoms with E-state index in [1.165, 1.54) is 22.5 Å². The third kappa shape index (κ3) is 4.94. The molecule has 2 aromatic rings. The van der Waals surface area contributed by atoms with E-state index < -0.39 is 14.9 Å². The highest BCUT2D eigenvalue weighted by molar-refractivity contribution is 9.10. The van der Waals surface area contributed by atoms with Gasteiger partial charge in [-0.3, -0.25) is 14.9 Å². The molecule has 0 aromatic heterocycles. The third-order valence-corrected chi connectivity index (χ3v) is 7.41. The van der Waals surface area contributed by atoms with E-state index in [-0.39, 0.29) is 42.7 Å². The van der Waals surface area contributed by atoms with Gasteiger partial charge in [0.05, 0.1) is 9.82 Å². The van der Waals surface area contributed by atoms with Crippen molar-refractivity contribution in [2.45, 2.75) is 11.8 Å². The quantitative estimate of drug-likeness (QED) is 0.361. The van der Waals surface area contributed by atoms with Crippen molar-refractivity contribution < 1.29 is 18.1 Å². The standard InChI is InChI=1S/C20H20BrN3O5S/c1-15-2-8-18(24(26)27)14-19(15)30(28,29)23-12-10-22(11-13-23)20(25)9-5-16-3-6-17(21)7-4-16/h2-9,14H,10-13H2,1H3/b9-5+. The van der Waals surface area contributed by atoms with Crippen LogP contribution in [0.3, 0.4) is 0 Å². The number of rotatable bonds is 5. The Balaban J connectivity index is 1.67. The Kier molecular flexibility index (Phi) is 6.69. The molecule has 1 aliphatic heterocycles. The van der Waals surface area contributed by atoms with Crippen LogP contribution in [0, 0.1) is 17.0 Å². The summed E-state index contributed by atoms with van der Waals surface area (Å²) >= 11 is 3.36. The molecular formula is C20H20BrN3O5S. The van der Waals surface area contributed by atoms with Crippen molar-refractivity contribution in [2.24, 2.45) is 0 Å². The van der Waals surface area contributed by atoms with E-state index in [0.29, 0.717) is 5.56 Å². The highest BCUT2D eigenvalue weighted by Crippen LogP contribution is 2.25. The molecule has 1 aliphatic rings.